The number of carbonyl (C=O) groups excluding carboxylic acids is 2. The first-order valence-electron chi connectivity index (χ1n) is 10.2. The summed E-state index contributed by atoms with van der Waals surface area (Å²) in [5, 5.41) is 21.8. The second-order valence-corrected chi connectivity index (χ2v) is 10.2. The summed E-state index contributed by atoms with van der Waals surface area (Å²) in [4.78, 5) is 26.5. The maximum absolute atomic E-state index is 13.4. The topological polar surface area (TPSA) is 74.6 Å². The van der Waals surface area contributed by atoms with E-state index in [0.29, 0.717) is 27.8 Å². The lowest BCUT2D eigenvalue weighted by Gasteiger charge is -2.29. The average molecular weight is 407 g/mol. The number of hydrogen-bond acceptors (Lipinski definition) is 4. The van der Waals surface area contributed by atoms with Gasteiger partial charge in [0.25, 0.3) is 0 Å². The molecule has 0 atom stereocenters. The van der Waals surface area contributed by atoms with Crippen molar-refractivity contribution in [2.45, 2.75) is 66.2 Å². The molecule has 0 aliphatic heterocycles. The van der Waals surface area contributed by atoms with E-state index in [0.717, 1.165) is 5.56 Å². The van der Waals surface area contributed by atoms with Crippen molar-refractivity contribution in [3.05, 3.63) is 69.0 Å². The molecular formula is C26H30O4. The highest BCUT2D eigenvalue weighted by Crippen LogP contribution is 2.43. The number of rotatable bonds is 1. The van der Waals surface area contributed by atoms with Crippen molar-refractivity contribution < 1.29 is 19.8 Å². The van der Waals surface area contributed by atoms with Crippen LogP contribution >= 0.6 is 0 Å². The molecule has 2 aromatic rings. The van der Waals surface area contributed by atoms with E-state index >= 15 is 0 Å². The third-order valence-corrected chi connectivity index (χ3v) is 5.90. The minimum Gasteiger partial charge on any atom is -0.507 e. The first-order valence-corrected chi connectivity index (χ1v) is 10.2. The van der Waals surface area contributed by atoms with Crippen LogP contribution in [0.2, 0.25) is 0 Å². The summed E-state index contributed by atoms with van der Waals surface area (Å²) in [6.45, 7) is 15.5. The number of ketones is 2. The normalized spacial score (nSPS) is 14.9. The van der Waals surface area contributed by atoms with Crippen molar-refractivity contribution in [2.75, 3.05) is 0 Å². The quantitative estimate of drug-likeness (QED) is 0.613. The van der Waals surface area contributed by atoms with Crippen molar-refractivity contribution in [1.29, 1.82) is 0 Å². The van der Waals surface area contributed by atoms with E-state index in [1.165, 1.54) is 0 Å². The highest BCUT2D eigenvalue weighted by molar-refractivity contribution is 6.40. The van der Waals surface area contributed by atoms with Crippen LogP contribution in [0.1, 0.15) is 90.1 Å². The Morgan fingerprint density at radius 3 is 1.73 bits per heavy atom. The number of aromatic hydroxyl groups is 1. The van der Waals surface area contributed by atoms with Gasteiger partial charge in [-0.05, 0) is 53.5 Å². The molecule has 2 N–H and O–H groups in total. The summed E-state index contributed by atoms with van der Waals surface area (Å²) in [7, 11) is 0. The molecule has 0 amide bonds. The summed E-state index contributed by atoms with van der Waals surface area (Å²) < 4.78 is 0. The van der Waals surface area contributed by atoms with Crippen LogP contribution in [-0.2, 0) is 10.8 Å². The molecule has 158 valence electrons. The molecule has 1 aliphatic carbocycles. The van der Waals surface area contributed by atoms with E-state index in [2.05, 4.69) is 0 Å². The largest absolute Gasteiger partial charge is 0.507 e. The molecule has 0 unspecified atom stereocenters. The molecule has 4 nitrogen and oxygen atoms in total. The molecule has 0 aromatic heterocycles. The van der Waals surface area contributed by atoms with Crippen molar-refractivity contribution >= 4 is 17.1 Å². The van der Waals surface area contributed by atoms with Gasteiger partial charge in [-0.15, -0.1) is 0 Å². The Hall–Kier alpha value is -2.88. The molecule has 0 spiro atoms. The molecular weight excluding hydrogens is 376 g/mol. The fraction of sp³-hybridized carbons (Fsp3) is 0.385. The van der Waals surface area contributed by atoms with Gasteiger partial charge in [0.15, 0.2) is 11.5 Å². The predicted octanol–water partition coefficient (Wildman–Crippen LogP) is 5.95. The van der Waals surface area contributed by atoms with Gasteiger partial charge in [0.1, 0.15) is 5.75 Å². The number of carbonyl (C=O) groups is 2. The van der Waals surface area contributed by atoms with Gasteiger partial charge in [0, 0.05) is 22.3 Å². The van der Waals surface area contributed by atoms with Crippen LogP contribution in [0.25, 0.3) is 5.57 Å². The number of benzene rings is 2. The first-order chi connectivity index (χ1) is 13.7. The smallest absolute Gasteiger partial charge is 0.229 e. The number of aliphatic hydroxyl groups excluding tert-OH is 1. The van der Waals surface area contributed by atoms with Crippen molar-refractivity contribution in [3.8, 4) is 5.75 Å². The van der Waals surface area contributed by atoms with Crippen molar-refractivity contribution in [3.63, 3.8) is 0 Å². The van der Waals surface area contributed by atoms with E-state index < -0.39 is 22.4 Å². The maximum Gasteiger partial charge on any atom is 0.229 e. The average Bonchev–Trinajstić information content (AvgIpc) is 2.61. The van der Waals surface area contributed by atoms with E-state index in [9.17, 15) is 19.8 Å². The van der Waals surface area contributed by atoms with Gasteiger partial charge in [-0.25, -0.2) is 0 Å². The zero-order valence-electron chi connectivity index (χ0n) is 19.0. The lowest BCUT2D eigenvalue weighted by Crippen LogP contribution is -2.24. The first kappa shape index (κ1) is 21.8. The van der Waals surface area contributed by atoms with Gasteiger partial charge in [-0.1, -0.05) is 53.7 Å². The Balaban J connectivity index is 2.36. The van der Waals surface area contributed by atoms with E-state index in [1.807, 2.05) is 54.5 Å². The van der Waals surface area contributed by atoms with Crippen molar-refractivity contribution in [1.82, 2.24) is 0 Å². The van der Waals surface area contributed by atoms with Gasteiger partial charge in [-0.3, -0.25) is 9.59 Å². The molecule has 0 heterocycles. The number of Topliss-reactive ketones (excluding diaryl/α,β-unsaturated/α-hetero) is 2. The van der Waals surface area contributed by atoms with Gasteiger partial charge < -0.3 is 10.2 Å². The molecule has 30 heavy (non-hydrogen) atoms. The fourth-order valence-electron chi connectivity index (χ4n) is 3.96. The van der Waals surface area contributed by atoms with Crippen LogP contribution < -0.4 is 0 Å². The lowest BCUT2D eigenvalue weighted by atomic mass is 9.75. The van der Waals surface area contributed by atoms with Crippen LogP contribution in [0, 0.1) is 13.8 Å². The van der Waals surface area contributed by atoms with Crippen LogP contribution in [0.15, 0.2) is 30.0 Å². The van der Waals surface area contributed by atoms with E-state index in [1.54, 1.807) is 25.1 Å². The Labute approximate surface area is 178 Å². The van der Waals surface area contributed by atoms with E-state index in [-0.39, 0.29) is 22.7 Å². The summed E-state index contributed by atoms with van der Waals surface area (Å²) in [6.07, 6.45) is 0. The standard InChI is InChI=1S/C26H30O4/c1-13-9-10-16-19(14(13)2)23(29)24(30)20(21(16)27)15-11-17(25(3,4)5)22(28)18(12-15)26(6,7)8/h9-12,28,30H,1-8H3. The summed E-state index contributed by atoms with van der Waals surface area (Å²) >= 11 is 0. The highest BCUT2D eigenvalue weighted by Gasteiger charge is 2.36. The summed E-state index contributed by atoms with van der Waals surface area (Å²) in [5.41, 5.74) is 3.13. The Bertz CT molecular complexity index is 1080. The van der Waals surface area contributed by atoms with Gasteiger partial charge in [-0.2, -0.15) is 0 Å². The molecule has 0 saturated carbocycles. The molecule has 4 heteroatoms. The van der Waals surface area contributed by atoms with Crippen LogP contribution in [-0.4, -0.2) is 21.8 Å². The lowest BCUT2D eigenvalue weighted by molar-refractivity contribution is 0.0946. The number of hydrogen-bond donors (Lipinski definition) is 2. The number of aryl methyl sites for hydroxylation is 1. The molecule has 2 aromatic carbocycles. The third-order valence-electron chi connectivity index (χ3n) is 5.90. The number of aliphatic hydroxyl groups is 1. The SMILES string of the molecule is Cc1ccc2c(c1C)C(=O)C(O)=C(c1cc(C(C)(C)C)c(O)c(C(C)(C)C)c1)C2=O. The molecule has 0 radical (unpaired) electrons. The van der Waals surface area contributed by atoms with Gasteiger partial charge in [0.05, 0.1) is 5.57 Å². The number of allylic oxidation sites excluding steroid dienone is 2. The predicted molar refractivity (Wildman–Crippen MR) is 120 cm³/mol. The minimum atomic E-state index is -0.538. The molecule has 0 bridgehead atoms. The van der Waals surface area contributed by atoms with E-state index in [4.69, 9.17) is 0 Å². The van der Waals surface area contributed by atoms with Gasteiger partial charge in [0.2, 0.25) is 5.78 Å². The number of phenolic OH excluding ortho intramolecular Hbond substituents is 1. The highest BCUT2D eigenvalue weighted by atomic mass is 16.3. The molecule has 0 saturated heterocycles. The molecule has 3 rings (SSSR count). The van der Waals surface area contributed by atoms with Crippen LogP contribution in [0.4, 0.5) is 0 Å². The summed E-state index contributed by atoms with van der Waals surface area (Å²) in [5.74, 6) is -1.27. The zero-order valence-corrected chi connectivity index (χ0v) is 19.0. The molecule has 1 aliphatic rings. The van der Waals surface area contributed by atoms with Crippen LogP contribution in [0.5, 0.6) is 5.75 Å². The zero-order chi connectivity index (χ0) is 22.8. The second kappa shape index (κ2) is 6.83. The Morgan fingerprint density at radius 2 is 1.27 bits per heavy atom. The maximum atomic E-state index is 13.4. The second-order valence-electron chi connectivity index (χ2n) is 10.2. The number of phenols is 1. The summed E-state index contributed by atoms with van der Waals surface area (Å²) in [6, 6.07) is 6.90. The third kappa shape index (κ3) is 3.34. The molecule has 0 fully saturated rings. The minimum absolute atomic E-state index is 0.00764. The number of fused-ring (bicyclic) bond motifs is 1. The monoisotopic (exact) mass is 406 g/mol. The Kier molecular flexibility index (Phi) is 4.97. The van der Waals surface area contributed by atoms with Crippen LogP contribution in [0.3, 0.4) is 0 Å². The van der Waals surface area contributed by atoms with Crippen molar-refractivity contribution in [2.24, 2.45) is 0 Å². The van der Waals surface area contributed by atoms with Gasteiger partial charge >= 0.3 is 0 Å². The fourth-order valence-corrected chi connectivity index (χ4v) is 3.96. The Morgan fingerprint density at radius 1 is 0.767 bits per heavy atom.